The minimum absolute atomic E-state index is 0. The lowest BCUT2D eigenvalue weighted by Crippen LogP contribution is -2.45. The number of halogens is 1. The van der Waals surface area contributed by atoms with Crippen LogP contribution >= 0.6 is 24.0 Å². The first-order chi connectivity index (χ1) is 13.0. The van der Waals surface area contributed by atoms with Crippen molar-refractivity contribution in [2.24, 2.45) is 4.99 Å². The number of hydrogen-bond acceptors (Lipinski definition) is 4. The highest BCUT2D eigenvalue weighted by Gasteiger charge is 2.12. The van der Waals surface area contributed by atoms with E-state index in [1.165, 1.54) is 6.33 Å². The molecule has 0 bridgehead atoms. The standard InChI is InChI=1S/C20H33N7.HI/c1-6-21-20(22-10-11-27(15(2)3)16(4)5)23-13-17-8-7-9-18(12-17)19-24-14-25-26-19;/h7-9,12,14-16H,6,10-11,13H2,1-5H3,(H2,21,22,23)(H,24,25,26);1H. The fourth-order valence-electron chi connectivity index (χ4n) is 3.09. The fraction of sp³-hybridized carbons (Fsp3) is 0.550. The van der Waals surface area contributed by atoms with Crippen LogP contribution in [0.1, 0.15) is 40.2 Å². The zero-order valence-corrected chi connectivity index (χ0v) is 19.9. The second-order valence-corrected chi connectivity index (χ2v) is 7.08. The number of nitrogens with zero attached hydrogens (tertiary/aromatic N) is 4. The third-order valence-corrected chi connectivity index (χ3v) is 4.37. The molecular formula is C20H34IN7. The Hall–Kier alpha value is -1.68. The first kappa shape index (κ1) is 24.4. The predicted molar refractivity (Wildman–Crippen MR) is 127 cm³/mol. The normalized spacial score (nSPS) is 11.8. The number of H-pyrrole nitrogens is 1. The molecule has 7 nitrogen and oxygen atoms in total. The number of aromatic amines is 1. The Labute approximate surface area is 185 Å². The van der Waals surface area contributed by atoms with Gasteiger partial charge in [-0.3, -0.25) is 10.00 Å². The Bertz CT molecular complexity index is 690. The van der Waals surface area contributed by atoms with Crippen molar-refractivity contribution in [1.29, 1.82) is 0 Å². The van der Waals surface area contributed by atoms with Crippen LogP contribution in [0.4, 0.5) is 0 Å². The van der Waals surface area contributed by atoms with Crippen LogP contribution in [0.15, 0.2) is 35.6 Å². The molecule has 0 atom stereocenters. The van der Waals surface area contributed by atoms with Crippen LogP contribution in [-0.2, 0) is 6.54 Å². The summed E-state index contributed by atoms with van der Waals surface area (Å²) in [5.41, 5.74) is 2.15. The molecule has 156 valence electrons. The van der Waals surface area contributed by atoms with Gasteiger partial charge in [-0.1, -0.05) is 18.2 Å². The number of guanidine groups is 1. The summed E-state index contributed by atoms with van der Waals surface area (Å²) in [6.07, 6.45) is 1.52. The number of benzene rings is 1. The molecule has 28 heavy (non-hydrogen) atoms. The zero-order chi connectivity index (χ0) is 19.6. The Morgan fingerprint density at radius 1 is 1.18 bits per heavy atom. The van der Waals surface area contributed by atoms with E-state index in [0.29, 0.717) is 18.6 Å². The summed E-state index contributed by atoms with van der Waals surface area (Å²) < 4.78 is 0. The van der Waals surface area contributed by atoms with E-state index < -0.39 is 0 Å². The van der Waals surface area contributed by atoms with Crippen LogP contribution in [0.25, 0.3) is 11.4 Å². The third kappa shape index (κ3) is 7.75. The van der Waals surface area contributed by atoms with E-state index in [9.17, 15) is 0 Å². The quantitative estimate of drug-likeness (QED) is 0.281. The van der Waals surface area contributed by atoms with Gasteiger partial charge in [0, 0.05) is 37.3 Å². The lowest BCUT2D eigenvalue weighted by atomic mass is 10.1. The fourth-order valence-corrected chi connectivity index (χ4v) is 3.09. The SMILES string of the molecule is CCNC(=NCc1cccc(-c2ncn[nH]2)c1)NCCN(C(C)C)C(C)C.I. The molecule has 0 unspecified atom stereocenters. The molecule has 1 aromatic carbocycles. The van der Waals surface area contributed by atoms with Gasteiger partial charge in [-0.05, 0) is 46.2 Å². The molecule has 8 heteroatoms. The van der Waals surface area contributed by atoms with Gasteiger partial charge in [-0.15, -0.1) is 24.0 Å². The minimum Gasteiger partial charge on any atom is -0.357 e. The van der Waals surface area contributed by atoms with Crippen molar-refractivity contribution in [3.05, 3.63) is 36.2 Å². The van der Waals surface area contributed by atoms with Crippen molar-refractivity contribution >= 4 is 29.9 Å². The molecule has 0 aliphatic rings. The first-order valence-corrected chi connectivity index (χ1v) is 9.73. The van der Waals surface area contributed by atoms with Crippen molar-refractivity contribution in [3.63, 3.8) is 0 Å². The summed E-state index contributed by atoms with van der Waals surface area (Å²) in [6.45, 7) is 14.3. The van der Waals surface area contributed by atoms with Crippen LogP contribution in [0.3, 0.4) is 0 Å². The monoisotopic (exact) mass is 499 g/mol. The predicted octanol–water partition coefficient (Wildman–Crippen LogP) is 3.26. The highest BCUT2D eigenvalue weighted by Crippen LogP contribution is 2.15. The molecule has 0 aliphatic heterocycles. The van der Waals surface area contributed by atoms with Crippen LogP contribution in [0.5, 0.6) is 0 Å². The highest BCUT2D eigenvalue weighted by atomic mass is 127. The van der Waals surface area contributed by atoms with Gasteiger partial charge in [0.1, 0.15) is 6.33 Å². The largest absolute Gasteiger partial charge is 0.357 e. The van der Waals surface area contributed by atoms with E-state index in [1.54, 1.807) is 0 Å². The van der Waals surface area contributed by atoms with Crippen molar-refractivity contribution < 1.29 is 0 Å². The maximum absolute atomic E-state index is 4.72. The summed E-state index contributed by atoms with van der Waals surface area (Å²) >= 11 is 0. The molecule has 0 saturated carbocycles. The Kier molecular flexibility index (Phi) is 11.1. The van der Waals surface area contributed by atoms with Crippen molar-refractivity contribution in [1.82, 2.24) is 30.7 Å². The van der Waals surface area contributed by atoms with Crippen LogP contribution in [0.2, 0.25) is 0 Å². The number of rotatable bonds is 9. The Balaban J connectivity index is 0.00000392. The molecule has 0 amide bonds. The smallest absolute Gasteiger partial charge is 0.191 e. The molecule has 2 rings (SSSR count). The number of aromatic nitrogens is 3. The summed E-state index contributed by atoms with van der Waals surface area (Å²) in [5.74, 6) is 1.61. The topological polar surface area (TPSA) is 81.2 Å². The summed E-state index contributed by atoms with van der Waals surface area (Å²) in [4.78, 5) is 11.4. The van der Waals surface area contributed by atoms with Crippen molar-refractivity contribution in [3.8, 4) is 11.4 Å². The maximum Gasteiger partial charge on any atom is 0.191 e. The van der Waals surface area contributed by atoms with Crippen molar-refractivity contribution in [2.45, 2.75) is 53.2 Å². The van der Waals surface area contributed by atoms with Crippen LogP contribution in [0, 0.1) is 0 Å². The van der Waals surface area contributed by atoms with E-state index in [-0.39, 0.29) is 24.0 Å². The molecule has 1 aromatic heterocycles. The highest BCUT2D eigenvalue weighted by molar-refractivity contribution is 14.0. The molecule has 2 aromatic rings. The minimum atomic E-state index is 0. The van der Waals surface area contributed by atoms with Crippen LogP contribution in [-0.4, -0.2) is 57.8 Å². The Morgan fingerprint density at radius 2 is 1.93 bits per heavy atom. The summed E-state index contributed by atoms with van der Waals surface area (Å²) in [6, 6.07) is 9.27. The molecule has 0 aliphatic carbocycles. The molecule has 0 fully saturated rings. The lowest BCUT2D eigenvalue weighted by molar-refractivity contribution is 0.178. The van der Waals surface area contributed by atoms with E-state index >= 15 is 0 Å². The summed E-state index contributed by atoms with van der Waals surface area (Å²) in [5, 5.41) is 13.6. The van der Waals surface area contributed by atoms with Crippen molar-refractivity contribution in [2.75, 3.05) is 19.6 Å². The number of aliphatic imine (C=N–C) groups is 1. The van der Waals surface area contributed by atoms with E-state index in [4.69, 9.17) is 4.99 Å². The van der Waals surface area contributed by atoms with Gasteiger partial charge in [0.15, 0.2) is 11.8 Å². The molecule has 3 N–H and O–H groups in total. The lowest BCUT2D eigenvalue weighted by Gasteiger charge is -2.30. The van der Waals surface area contributed by atoms with E-state index in [2.05, 4.69) is 77.5 Å². The van der Waals surface area contributed by atoms with Gasteiger partial charge in [0.25, 0.3) is 0 Å². The number of nitrogens with one attached hydrogen (secondary N) is 3. The summed E-state index contributed by atoms with van der Waals surface area (Å²) in [7, 11) is 0. The molecule has 0 saturated heterocycles. The molecule has 0 radical (unpaired) electrons. The molecule has 0 spiro atoms. The average molecular weight is 499 g/mol. The second kappa shape index (κ2) is 12.7. The van der Waals surface area contributed by atoms with E-state index in [1.807, 2.05) is 12.1 Å². The van der Waals surface area contributed by atoms with Gasteiger partial charge in [-0.25, -0.2) is 9.98 Å². The van der Waals surface area contributed by atoms with Crippen LogP contribution < -0.4 is 10.6 Å². The third-order valence-electron chi connectivity index (χ3n) is 4.37. The second-order valence-electron chi connectivity index (χ2n) is 7.08. The zero-order valence-electron chi connectivity index (χ0n) is 17.6. The van der Waals surface area contributed by atoms with Gasteiger partial charge >= 0.3 is 0 Å². The molecule has 1 heterocycles. The Morgan fingerprint density at radius 3 is 2.54 bits per heavy atom. The van der Waals surface area contributed by atoms with E-state index in [0.717, 1.165) is 42.5 Å². The average Bonchev–Trinajstić information content (AvgIpc) is 3.17. The van der Waals surface area contributed by atoms with Gasteiger partial charge in [-0.2, -0.15) is 5.10 Å². The van der Waals surface area contributed by atoms with Gasteiger partial charge in [0.2, 0.25) is 0 Å². The first-order valence-electron chi connectivity index (χ1n) is 9.73. The van der Waals surface area contributed by atoms with Gasteiger partial charge < -0.3 is 10.6 Å². The van der Waals surface area contributed by atoms with Gasteiger partial charge in [0.05, 0.1) is 6.54 Å². The maximum atomic E-state index is 4.72. The number of hydrogen-bond donors (Lipinski definition) is 3. The molecular weight excluding hydrogens is 465 g/mol.